The molecule has 1 saturated heterocycles. The highest BCUT2D eigenvalue weighted by atomic mass is 15.4. The maximum atomic E-state index is 2.57. The molecule has 1 aromatic carbocycles. The zero-order valence-electron chi connectivity index (χ0n) is 16.8. The Labute approximate surface area is 148 Å². The van der Waals surface area contributed by atoms with Gasteiger partial charge in [0, 0.05) is 24.5 Å². The summed E-state index contributed by atoms with van der Waals surface area (Å²) in [6, 6.07) is 4.61. The van der Waals surface area contributed by atoms with Crippen LogP contribution in [0.2, 0.25) is 0 Å². The normalized spacial score (nSPS) is 15.9. The maximum absolute atomic E-state index is 2.57. The highest BCUT2D eigenvalue weighted by Gasteiger charge is 2.26. The molecule has 1 heterocycles. The lowest BCUT2D eigenvalue weighted by molar-refractivity contribution is 0.378. The van der Waals surface area contributed by atoms with E-state index in [2.05, 4.69) is 83.4 Å². The lowest BCUT2D eigenvalue weighted by atomic mass is 10.0. The zero-order valence-corrected chi connectivity index (χ0v) is 16.8. The van der Waals surface area contributed by atoms with Gasteiger partial charge in [0.15, 0.2) is 0 Å². The van der Waals surface area contributed by atoms with Gasteiger partial charge >= 0.3 is 0 Å². The van der Waals surface area contributed by atoms with E-state index in [1.54, 1.807) is 0 Å². The van der Waals surface area contributed by atoms with Gasteiger partial charge in [-0.2, -0.15) is 0 Å². The Kier molecular flexibility index (Phi) is 5.79. The number of anilines is 1. The van der Waals surface area contributed by atoms with Gasteiger partial charge in [-0.25, -0.2) is 0 Å². The monoisotopic (exact) mass is 326 g/mol. The summed E-state index contributed by atoms with van der Waals surface area (Å²) in [6.07, 6.45) is 2.32. The van der Waals surface area contributed by atoms with Crippen LogP contribution in [0.25, 0.3) is 0 Å². The third kappa shape index (κ3) is 4.03. The number of nitrogens with zero attached hydrogens (tertiary/aromatic N) is 2. The second-order valence-electron chi connectivity index (χ2n) is 7.86. The molecule has 0 aromatic heterocycles. The number of allylic oxidation sites excluding steroid dienone is 4. The van der Waals surface area contributed by atoms with Crippen molar-refractivity contribution in [2.75, 3.05) is 24.7 Å². The van der Waals surface area contributed by atoms with Gasteiger partial charge in [0.25, 0.3) is 0 Å². The van der Waals surface area contributed by atoms with E-state index in [4.69, 9.17) is 0 Å². The highest BCUT2D eigenvalue weighted by Crippen LogP contribution is 2.31. The third-order valence-electron chi connectivity index (χ3n) is 4.73. The second-order valence-corrected chi connectivity index (χ2v) is 7.86. The highest BCUT2D eigenvalue weighted by molar-refractivity contribution is 5.60. The first-order chi connectivity index (χ1) is 11.2. The number of hydrogen-bond acceptors (Lipinski definition) is 2. The summed E-state index contributed by atoms with van der Waals surface area (Å²) in [5, 5.41) is 0. The molecule has 0 unspecified atom stereocenters. The summed E-state index contributed by atoms with van der Waals surface area (Å²) in [7, 11) is 0. The van der Waals surface area contributed by atoms with Crippen LogP contribution in [0.5, 0.6) is 0 Å². The average molecular weight is 327 g/mol. The van der Waals surface area contributed by atoms with Gasteiger partial charge in [-0.15, -0.1) is 0 Å². The van der Waals surface area contributed by atoms with Gasteiger partial charge in [-0.3, -0.25) is 0 Å². The lowest BCUT2D eigenvalue weighted by Gasteiger charge is -2.29. The van der Waals surface area contributed by atoms with Gasteiger partial charge in [-0.1, -0.05) is 43.2 Å². The quantitative estimate of drug-likeness (QED) is 0.666. The molecular weight excluding hydrogens is 292 g/mol. The van der Waals surface area contributed by atoms with Crippen LogP contribution in [-0.2, 0) is 0 Å². The summed E-state index contributed by atoms with van der Waals surface area (Å²) in [6.45, 7) is 21.1. The Morgan fingerprint density at radius 2 is 1.58 bits per heavy atom. The van der Waals surface area contributed by atoms with E-state index in [-0.39, 0.29) is 0 Å². The second kappa shape index (κ2) is 7.46. The van der Waals surface area contributed by atoms with Crippen molar-refractivity contribution in [3.63, 3.8) is 0 Å². The van der Waals surface area contributed by atoms with Crippen LogP contribution in [0.4, 0.5) is 5.69 Å². The fourth-order valence-corrected chi connectivity index (χ4v) is 4.22. The number of benzene rings is 1. The van der Waals surface area contributed by atoms with Crippen molar-refractivity contribution in [1.29, 1.82) is 0 Å². The summed E-state index contributed by atoms with van der Waals surface area (Å²) < 4.78 is 0. The molecule has 1 aliphatic heterocycles. The first-order valence-electron chi connectivity index (χ1n) is 9.14. The minimum Gasteiger partial charge on any atom is -0.355 e. The molecule has 2 heteroatoms. The number of aryl methyl sites for hydroxylation is 3. The minimum atomic E-state index is 0.542. The molecule has 132 valence electrons. The van der Waals surface area contributed by atoms with Crippen molar-refractivity contribution in [1.82, 2.24) is 4.90 Å². The van der Waals surface area contributed by atoms with Crippen LogP contribution < -0.4 is 4.90 Å². The predicted molar refractivity (Wildman–Crippen MR) is 107 cm³/mol. The Bertz CT molecular complexity index is 638. The molecule has 0 bridgehead atoms. The minimum absolute atomic E-state index is 0.542. The van der Waals surface area contributed by atoms with Crippen LogP contribution in [0, 0.1) is 26.7 Å². The van der Waals surface area contributed by atoms with Gasteiger partial charge < -0.3 is 9.80 Å². The van der Waals surface area contributed by atoms with Crippen LogP contribution >= 0.6 is 0 Å². The summed E-state index contributed by atoms with van der Waals surface area (Å²) in [5.41, 5.74) is 9.83. The average Bonchev–Trinajstić information content (AvgIpc) is 2.85. The first-order valence-corrected chi connectivity index (χ1v) is 9.14. The summed E-state index contributed by atoms with van der Waals surface area (Å²) in [4.78, 5) is 5.11. The molecular formula is C22H34N2. The van der Waals surface area contributed by atoms with Crippen molar-refractivity contribution in [3.8, 4) is 0 Å². The zero-order chi connectivity index (χ0) is 18.0. The van der Waals surface area contributed by atoms with E-state index in [0.29, 0.717) is 5.92 Å². The van der Waals surface area contributed by atoms with E-state index >= 15 is 0 Å². The molecule has 2 nitrogen and oxygen atoms in total. The molecule has 1 aliphatic rings. The van der Waals surface area contributed by atoms with Crippen LogP contribution in [0.1, 0.15) is 51.3 Å². The van der Waals surface area contributed by atoms with Gasteiger partial charge in [0.2, 0.25) is 0 Å². The molecule has 1 aromatic rings. The van der Waals surface area contributed by atoms with E-state index in [1.807, 2.05) is 0 Å². The SMILES string of the molecule is CC(C)=C/C(C)=C(\C(C)C)N1CCN(c2c(C)cc(C)cc2C)C1. The Morgan fingerprint density at radius 3 is 2.08 bits per heavy atom. The molecule has 0 radical (unpaired) electrons. The fourth-order valence-electron chi connectivity index (χ4n) is 4.22. The summed E-state index contributed by atoms with van der Waals surface area (Å²) >= 11 is 0. The molecule has 1 fully saturated rings. The van der Waals surface area contributed by atoms with Crippen molar-refractivity contribution in [2.24, 2.45) is 5.92 Å². The molecule has 2 rings (SSSR count). The standard InChI is InChI=1S/C22H34N2/c1-15(2)11-18(6)21(16(3)4)23-9-10-24(14-23)22-19(7)12-17(5)13-20(22)8/h11-13,16H,9-10,14H2,1-8H3/b21-18+. The van der Waals surface area contributed by atoms with Crippen LogP contribution in [0.15, 0.2) is 35.1 Å². The molecule has 0 amide bonds. The topological polar surface area (TPSA) is 6.48 Å². The Morgan fingerprint density at radius 1 is 1.00 bits per heavy atom. The molecule has 0 spiro atoms. The van der Waals surface area contributed by atoms with Crippen molar-refractivity contribution < 1.29 is 0 Å². The molecule has 0 saturated carbocycles. The summed E-state index contributed by atoms with van der Waals surface area (Å²) in [5.74, 6) is 0.542. The van der Waals surface area contributed by atoms with Gasteiger partial charge in [-0.05, 0) is 64.2 Å². The predicted octanol–water partition coefficient (Wildman–Crippen LogP) is 5.59. The Hall–Kier alpha value is -1.70. The maximum Gasteiger partial charge on any atom is 0.0901 e. The number of hydrogen-bond donors (Lipinski definition) is 0. The molecule has 0 aliphatic carbocycles. The van der Waals surface area contributed by atoms with E-state index in [9.17, 15) is 0 Å². The van der Waals surface area contributed by atoms with E-state index < -0.39 is 0 Å². The van der Waals surface area contributed by atoms with Crippen molar-refractivity contribution in [2.45, 2.75) is 55.4 Å². The van der Waals surface area contributed by atoms with Crippen LogP contribution in [-0.4, -0.2) is 24.7 Å². The van der Waals surface area contributed by atoms with Crippen molar-refractivity contribution in [3.05, 3.63) is 51.7 Å². The van der Waals surface area contributed by atoms with Gasteiger partial charge in [0.1, 0.15) is 0 Å². The first kappa shape index (κ1) is 18.6. The van der Waals surface area contributed by atoms with E-state index in [0.717, 1.165) is 19.8 Å². The van der Waals surface area contributed by atoms with Gasteiger partial charge in [0.05, 0.1) is 6.67 Å². The smallest absolute Gasteiger partial charge is 0.0901 e. The molecule has 24 heavy (non-hydrogen) atoms. The van der Waals surface area contributed by atoms with Crippen LogP contribution in [0.3, 0.4) is 0 Å². The lowest BCUT2D eigenvalue weighted by Crippen LogP contribution is -2.28. The third-order valence-corrected chi connectivity index (χ3v) is 4.73. The number of rotatable bonds is 4. The van der Waals surface area contributed by atoms with E-state index in [1.165, 1.54) is 39.2 Å². The largest absolute Gasteiger partial charge is 0.355 e. The molecule has 0 atom stereocenters. The van der Waals surface area contributed by atoms with Crippen molar-refractivity contribution >= 4 is 5.69 Å². The molecule has 0 N–H and O–H groups in total. The Balaban J connectivity index is 2.31. The fraction of sp³-hybridized carbons (Fsp3) is 0.545.